The summed E-state index contributed by atoms with van der Waals surface area (Å²) in [5, 5.41) is 0. The summed E-state index contributed by atoms with van der Waals surface area (Å²) in [5.74, 6) is 1.43. The topological polar surface area (TPSA) is 44.5 Å². The van der Waals surface area contributed by atoms with E-state index >= 15 is 0 Å². The second kappa shape index (κ2) is 6.59. The van der Waals surface area contributed by atoms with Gasteiger partial charge in [-0.3, -0.25) is 0 Å². The van der Waals surface area contributed by atoms with Crippen molar-refractivity contribution in [2.45, 2.75) is 13.2 Å². The predicted octanol–water partition coefficient (Wildman–Crippen LogP) is 3.50. The van der Waals surface area contributed by atoms with Gasteiger partial charge in [-0.2, -0.15) is 0 Å². The number of hydrogen-bond acceptors (Lipinski definition) is 3. The van der Waals surface area contributed by atoms with Crippen molar-refractivity contribution in [3.63, 3.8) is 0 Å². The smallest absolute Gasteiger partial charge is 0.161 e. The largest absolute Gasteiger partial charge is 0.493 e. The van der Waals surface area contributed by atoms with E-state index in [0.717, 1.165) is 15.6 Å². The first kappa shape index (κ1) is 13.9. The SMILES string of the molecule is COc1ccc(CN)cc1OCc1ccc(Br)cc1. The lowest BCUT2D eigenvalue weighted by Crippen LogP contribution is -2.01. The third-order valence-corrected chi connectivity index (χ3v) is 3.30. The highest BCUT2D eigenvalue weighted by Gasteiger charge is 2.05. The molecule has 0 aliphatic rings. The zero-order valence-corrected chi connectivity index (χ0v) is 12.3. The Balaban J connectivity index is 2.11. The normalized spacial score (nSPS) is 10.3. The Bertz CT molecular complexity index is 540. The third kappa shape index (κ3) is 3.72. The number of hydrogen-bond donors (Lipinski definition) is 1. The lowest BCUT2D eigenvalue weighted by atomic mass is 10.2. The molecular weight excluding hydrogens is 306 g/mol. The van der Waals surface area contributed by atoms with Crippen LogP contribution in [0.15, 0.2) is 46.9 Å². The monoisotopic (exact) mass is 321 g/mol. The van der Waals surface area contributed by atoms with Gasteiger partial charge >= 0.3 is 0 Å². The van der Waals surface area contributed by atoms with Crippen LogP contribution < -0.4 is 15.2 Å². The van der Waals surface area contributed by atoms with Crippen molar-refractivity contribution < 1.29 is 9.47 Å². The fourth-order valence-electron chi connectivity index (χ4n) is 1.70. The lowest BCUT2D eigenvalue weighted by molar-refractivity contribution is 0.284. The average molecular weight is 322 g/mol. The highest BCUT2D eigenvalue weighted by atomic mass is 79.9. The maximum Gasteiger partial charge on any atom is 0.161 e. The first-order valence-corrected chi connectivity index (χ1v) is 6.76. The summed E-state index contributed by atoms with van der Waals surface area (Å²) in [7, 11) is 1.63. The molecule has 0 radical (unpaired) electrons. The van der Waals surface area contributed by atoms with Crippen molar-refractivity contribution in [2.75, 3.05) is 7.11 Å². The van der Waals surface area contributed by atoms with Crippen molar-refractivity contribution in [2.24, 2.45) is 5.73 Å². The minimum atomic E-state index is 0.485. The van der Waals surface area contributed by atoms with Crippen LogP contribution in [0.4, 0.5) is 0 Å². The van der Waals surface area contributed by atoms with E-state index in [4.69, 9.17) is 15.2 Å². The Labute approximate surface area is 121 Å². The van der Waals surface area contributed by atoms with Crippen LogP contribution in [0.25, 0.3) is 0 Å². The second-order valence-electron chi connectivity index (χ2n) is 4.10. The van der Waals surface area contributed by atoms with Crippen molar-refractivity contribution in [3.05, 3.63) is 58.1 Å². The highest BCUT2D eigenvalue weighted by molar-refractivity contribution is 9.10. The minimum Gasteiger partial charge on any atom is -0.493 e. The van der Waals surface area contributed by atoms with Crippen LogP contribution in [0.5, 0.6) is 11.5 Å². The van der Waals surface area contributed by atoms with Gasteiger partial charge in [-0.1, -0.05) is 34.1 Å². The van der Waals surface area contributed by atoms with E-state index in [0.29, 0.717) is 24.7 Å². The number of halogens is 1. The van der Waals surface area contributed by atoms with Crippen LogP contribution in [-0.4, -0.2) is 7.11 Å². The molecule has 0 saturated carbocycles. The highest BCUT2D eigenvalue weighted by Crippen LogP contribution is 2.28. The first-order valence-electron chi connectivity index (χ1n) is 5.97. The lowest BCUT2D eigenvalue weighted by Gasteiger charge is -2.12. The van der Waals surface area contributed by atoms with Crippen LogP contribution >= 0.6 is 15.9 Å². The molecule has 100 valence electrons. The van der Waals surface area contributed by atoms with Gasteiger partial charge in [0.2, 0.25) is 0 Å². The fourth-order valence-corrected chi connectivity index (χ4v) is 1.97. The molecule has 2 N–H and O–H groups in total. The van der Waals surface area contributed by atoms with Crippen molar-refractivity contribution in [3.8, 4) is 11.5 Å². The molecule has 0 heterocycles. The summed E-state index contributed by atoms with van der Waals surface area (Å²) < 4.78 is 12.1. The Morgan fingerprint density at radius 3 is 2.32 bits per heavy atom. The zero-order valence-electron chi connectivity index (χ0n) is 10.7. The first-order chi connectivity index (χ1) is 9.22. The van der Waals surface area contributed by atoms with Crippen LogP contribution in [-0.2, 0) is 13.2 Å². The summed E-state index contributed by atoms with van der Waals surface area (Å²) >= 11 is 3.41. The molecule has 19 heavy (non-hydrogen) atoms. The Kier molecular flexibility index (Phi) is 4.82. The number of benzene rings is 2. The molecule has 0 saturated heterocycles. The molecule has 2 rings (SSSR count). The van der Waals surface area contributed by atoms with Crippen molar-refractivity contribution >= 4 is 15.9 Å². The van der Waals surface area contributed by atoms with Gasteiger partial charge in [0.25, 0.3) is 0 Å². The average Bonchev–Trinajstić information content (AvgIpc) is 2.46. The third-order valence-electron chi connectivity index (χ3n) is 2.77. The number of rotatable bonds is 5. The number of nitrogens with two attached hydrogens (primary N) is 1. The standard InChI is InChI=1S/C15H16BrNO2/c1-18-14-7-4-12(9-17)8-15(14)19-10-11-2-5-13(16)6-3-11/h2-8H,9-10,17H2,1H3. The molecule has 0 amide bonds. The molecule has 2 aromatic rings. The summed E-state index contributed by atoms with van der Waals surface area (Å²) in [5.41, 5.74) is 7.75. The van der Waals surface area contributed by atoms with Gasteiger partial charge in [0.15, 0.2) is 11.5 Å². The summed E-state index contributed by atoms with van der Waals surface area (Å²) in [6, 6.07) is 13.7. The fraction of sp³-hybridized carbons (Fsp3) is 0.200. The molecule has 0 bridgehead atoms. The number of methoxy groups -OCH3 is 1. The van der Waals surface area contributed by atoms with Gasteiger partial charge in [-0.15, -0.1) is 0 Å². The summed E-state index contributed by atoms with van der Waals surface area (Å²) in [6.07, 6.45) is 0. The quantitative estimate of drug-likeness (QED) is 0.916. The molecule has 0 fully saturated rings. The number of ether oxygens (including phenoxy) is 2. The molecule has 0 aromatic heterocycles. The van der Waals surface area contributed by atoms with E-state index < -0.39 is 0 Å². The van der Waals surface area contributed by atoms with E-state index in [1.807, 2.05) is 42.5 Å². The zero-order chi connectivity index (χ0) is 13.7. The van der Waals surface area contributed by atoms with E-state index in [-0.39, 0.29) is 0 Å². The second-order valence-corrected chi connectivity index (χ2v) is 5.02. The van der Waals surface area contributed by atoms with Crippen LogP contribution in [0, 0.1) is 0 Å². The van der Waals surface area contributed by atoms with Gasteiger partial charge in [0.1, 0.15) is 6.61 Å². The van der Waals surface area contributed by atoms with E-state index in [9.17, 15) is 0 Å². The molecule has 0 aliphatic carbocycles. The van der Waals surface area contributed by atoms with E-state index in [2.05, 4.69) is 15.9 Å². The molecule has 2 aromatic carbocycles. The van der Waals surface area contributed by atoms with Crippen LogP contribution in [0.3, 0.4) is 0 Å². The predicted molar refractivity (Wildman–Crippen MR) is 79.4 cm³/mol. The van der Waals surface area contributed by atoms with Crippen molar-refractivity contribution in [1.29, 1.82) is 0 Å². The van der Waals surface area contributed by atoms with Gasteiger partial charge in [-0.05, 0) is 35.4 Å². The van der Waals surface area contributed by atoms with Gasteiger partial charge in [0.05, 0.1) is 7.11 Å². The van der Waals surface area contributed by atoms with Gasteiger partial charge < -0.3 is 15.2 Å². The molecule has 0 atom stereocenters. The molecule has 3 nitrogen and oxygen atoms in total. The van der Waals surface area contributed by atoms with E-state index in [1.165, 1.54) is 0 Å². The summed E-state index contributed by atoms with van der Waals surface area (Å²) in [6.45, 7) is 0.982. The van der Waals surface area contributed by atoms with Gasteiger partial charge in [-0.25, -0.2) is 0 Å². The van der Waals surface area contributed by atoms with Crippen LogP contribution in [0.2, 0.25) is 0 Å². The van der Waals surface area contributed by atoms with Crippen LogP contribution in [0.1, 0.15) is 11.1 Å². The molecule has 4 heteroatoms. The summed E-state index contributed by atoms with van der Waals surface area (Å²) in [4.78, 5) is 0. The Morgan fingerprint density at radius 2 is 1.68 bits per heavy atom. The Hall–Kier alpha value is -1.52. The maximum absolute atomic E-state index is 5.80. The van der Waals surface area contributed by atoms with Crippen molar-refractivity contribution in [1.82, 2.24) is 0 Å². The Morgan fingerprint density at radius 1 is 1.00 bits per heavy atom. The molecule has 0 spiro atoms. The molecular formula is C15H16BrNO2. The van der Waals surface area contributed by atoms with Gasteiger partial charge in [0, 0.05) is 11.0 Å². The minimum absolute atomic E-state index is 0.485. The molecule has 0 aliphatic heterocycles. The van der Waals surface area contributed by atoms with E-state index in [1.54, 1.807) is 7.11 Å². The maximum atomic E-state index is 5.80. The molecule has 0 unspecified atom stereocenters.